The summed E-state index contributed by atoms with van der Waals surface area (Å²) in [5, 5.41) is 2.28. The predicted octanol–water partition coefficient (Wildman–Crippen LogP) is 5.15. The van der Waals surface area contributed by atoms with Crippen LogP contribution >= 0.6 is 27.5 Å². The number of hydrogen-bond acceptors (Lipinski definition) is 3. The Labute approximate surface area is 182 Å². The molecule has 2 aliphatic heterocycles. The van der Waals surface area contributed by atoms with Crippen LogP contribution in [-0.4, -0.2) is 24.9 Å². The van der Waals surface area contributed by atoms with E-state index in [9.17, 15) is 9.59 Å². The van der Waals surface area contributed by atoms with Gasteiger partial charge in [-0.3, -0.25) is 14.9 Å². The van der Waals surface area contributed by atoms with Crippen molar-refractivity contribution in [1.82, 2.24) is 5.32 Å². The third-order valence-electron chi connectivity index (χ3n) is 5.88. The Kier molecular flexibility index (Phi) is 5.93. The first-order chi connectivity index (χ1) is 13.9. The monoisotopic (exact) mass is 478 g/mol. The van der Waals surface area contributed by atoms with Crippen LogP contribution in [0.1, 0.15) is 48.6 Å². The fraction of sp³-hybridized carbons (Fsp3) is 0.364. The Balaban J connectivity index is 1.48. The van der Waals surface area contributed by atoms with Crippen LogP contribution < -0.4 is 10.2 Å². The van der Waals surface area contributed by atoms with Crippen LogP contribution in [0.2, 0.25) is 5.02 Å². The summed E-state index contributed by atoms with van der Waals surface area (Å²) >= 11 is 9.78. The standard InChI is InChI=1S/C22H21BrClFN2O2/c23-15-3-1-13(2-4-15)14-9-11-27(12-10-14)18-7-5-16(20(24)21(18)25)17-6-8-19(28)26-22(17)29/h1-5,7,14,17H,6,8-12H2,(H,26,28,29). The average Bonchev–Trinajstić information content (AvgIpc) is 2.71. The number of nitrogens with one attached hydrogen (secondary N) is 1. The van der Waals surface area contributed by atoms with E-state index in [1.807, 2.05) is 4.90 Å². The molecule has 0 spiro atoms. The summed E-state index contributed by atoms with van der Waals surface area (Å²) in [5.41, 5.74) is 2.22. The molecule has 0 aliphatic carbocycles. The fourth-order valence-electron chi connectivity index (χ4n) is 4.25. The van der Waals surface area contributed by atoms with Crippen molar-refractivity contribution in [3.63, 3.8) is 0 Å². The van der Waals surface area contributed by atoms with E-state index in [1.165, 1.54) is 5.56 Å². The van der Waals surface area contributed by atoms with Gasteiger partial charge in [0.2, 0.25) is 11.8 Å². The van der Waals surface area contributed by atoms with Gasteiger partial charge in [-0.2, -0.15) is 0 Å². The van der Waals surface area contributed by atoms with Gasteiger partial charge in [0.05, 0.1) is 16.6 Å². The zero-order chi connectivity index (χ0) is 20.5. The Morgan fingerprint density at radius 3 is 2.38 bits per heavy atom. The molecule has 2 fully saturated rings. The van der Waals surface area contributed by atoms with Crippen LogP contribution in [-0.2, 0) is 9.59 Å². The quantitative estimate of drug-likeness (QED) is 0.620. The van der Waals surface area contributed by atoms with Gasteiger partial charge in [-0.1, -0.05) is 45.7 Å². The Morgan fingerprint density at radius 2 is 1.72 bits per heavy atom. The number of rotatable bonds is 3. The number of imide groups is 1. The number of halogens is 3. The highest BCUT2D eigenvalue weighted by atomic mass is 79.9. The molecule has 4 nitrogen and oxygen atoms in total. The van der Waals surface area contributed by atoms with E-state index >= 15 is 4.39 Å². The summed E-state index contributed by atoms with van der Waals surface area (Å²) in [5.74, 6) is -1.33. The number of nitrogens with zero attached hydrogens (tertiary/aromatic N) is 1. The molecule has 1 atom stereocenters. The topological polar surface area (TPSA) is 49.4 Å². The van der Waals surface area contributed by atoms with Gasteiger partial charge in [0, 0.05) is 24.0 Å². The van der Waals surface area contributed by atoms with Crippen molar-refractivity contribution in [1.29, 1.82) is 0 Å². The molecule has 1 unspecified atom stereocenters. The van der Waals surface area contributed by atoms with Crippen LogP contribution in [0.5, 0.6) is 0 Å². The third kappa shape index (κ3) is 4.19. The molecule has 4 rings (SSSR count). The van der Waals surface area contributed by atoms with E-state index in [-0.39, 0.29) is 17.4 Å². The molecule has 2 aromatic rings. The molecule has 29 heavy (non-hydrogen) atoms. The van der Waals surface area contributed by atoms with Gasteiger partial charge in [-0.05, 0) is 54.5 Å². The number of carbonyl (C=O) groups excluding carboxylic acids is 2. The number of hydrogen-bond donors (Lipinski definition) is 1. The van der Waals surface area contributed by atoms with Crippen LogP contribution in [0.25, 0.3) is 0 Å². The van der Waals surface area contributed by atoms with E-state index in [0.29, 0.717) is 23.6 Å². The van der Waals surface area contributed by atoms with Crippen molar-refractivity contribution in [3.8, 4) is 0 Å². The normalized spacial score (nSPS) is 20.7. The molecule has 2 amide bonds. The van der Waals surface area contributed by atoms with E-state index in [0.717, 1.165) is 30.4 Å². The second kappa shape index (κ2) is 8.44. The van der Waals surface area contributed by atoms with E-state index in [1.54, 1.807) is 12.1 Å². The zero-order valence-corrected chi connectivity index (χ0v) is 18.1. The maximum atomic E-state index is 15.1. The molecule has 152 valence electrons. The second-order valence-electron chi connectivity index (χ2n) is 7.62. The van der Waals surface area contributed by atoms with Gasteiger partial charge in [0.15, 0.2) is 5.82 Å². The van der Waals surface area contributed by atoms with Gasteiger partial charge < -0.3 is 4.90 Å². The van der Waals surface area contributed by atoms with E-state index < -0.39 is 17.6 Å². The van der Waals surface area contributed by atoms with Crippen molar-refractivity contribution in [2.45, 2.75) is 37.5 Å². The molecule has 1 N–H and O–H groups in total. The number of amides is 2. The Bertz CT molecular complexity index is 943. The average molecular weight is 480 g/mol. The second-order valence-corrected chi connectivity index (χ2v) is 8.91. The smallest absolute Gasteiger partial charge is 0.234 e. The molecule has 2 aromatic carbocycles. The lowest BCUT2D eigenvalue weighted by Gasteiger charge is -2.34. The highest BCUT2D eigenvalue weighted by Crippen LogP contribution is 2.38. The largest absolute Gasteiger partial charge is 0.369 e. The first-order valence-electron chi connectivity index (χ1n) is 9.76. The van der Waals surface area contributed by atoms with Gasteiger partial charge >= 0.3 is 0 Å². The summed E-state index contributed by atoms with van der Waals surface area (Å²) in [6, 6.07) is 11.8. The number of benzene rings is 2. The highest BCUT2D eigenvalue weighted by molar-refractivity contribution is 9.10. The SMILES string of the molecule is O=C1CCC(c2ccc(N3CCC(c4ccc(Br)cc4)CC3)c(F)c2Cl)C(=O)N1. The van der Waals surface area contributed by atoms with Crippen molar-refractivity contribution < 1.29 is 14.0 Å². The molecular weight excluding hydrogens is 459 g/mol. The molecule has 0 saturated carbocycles. The van der Waals surface area contributed by atoms with Crippen LogP contribution in [0, 0.1) is 5.82 Å². The van der Waals surface area contributed by atoms with Crippen LogP contribution in [0.3, 0.4) is 0 Å². The summed E-state index contributed by atoms with van der Waals surface area (Å²) in [7, 11) is 0. The van der Waals surface area contributed by atoms with E-state index in [2.05, 4.69) is 45.5 Å². The summed E-state index contributed by atoms with van der Waals surface area (Å²) < 4.78 is 16.2. The Morgan fingerprint density at radius 1 is 1.03 bits per heavy atom. The summed E-state index contributed by atoms with van der Waals surface area (Å²) in [6.45, 7) is 1.48. The predicted molar refractivity (Wildman–Crippen MR) is 115 cm³/mol. The molecule has 2 heterocycles. The molecule has 0 bridgehead atoms. The number of anilines is 1. The lowest BCUT2D eigenvalue weighted by Crippen LogP contribution is -2.39. The molecule has 0 aromatic heterocycles. The maximum absolute atomic E-state index is 15.1. The van der Waals surface area contributed by atoms with Crippen LogP contribution in [0.4, 0.5) is 10.1 Å². The number of carbonyl (C=O) groups is 2. The zero-order valence-electron chi connectivity index (χ0n) is 15.8. The fourth-order valence-corrected chi connectivity index (χ4v) is 4.80. The maximum Gasteiger partial charge on any atom is 0.234 e. The van der Waals surface area contributed by atoms with Gasteiger partial charge in [0.1, 0.15) is 0 Å². The highest BCUT2D eigenvalue weighted by Gasteiger charge is 2.32. The van der Waals surface area contributed by atoms with E-state index in [4.69, 9.17) is 11.6 Å². The molecule has 7 heteroatoms. The van der Waals surface area contributed by atoms with Crippen molar-refractivity contribution in [2.24, 2.45) is 0 Å². The lowest BCUT2D eigenvalue weighted by atomic mass is 9.88. The minimum Gasteiger partial charge on any atom is -0.369 e. The molecule has 2 saturated heterocycles. The van der Waals surface area contributed by atoms with Crippen LogP contribution in [0.15, 0.2) is 40.9 Å². The minimum absolute atomic E-state index is 0.0213. The van der Waals surface area contributed by atoms with Gasteiger partial charge in [-0.15, -0.1) is 0 Å². The van der Waals surface area contributed by atoms with Crippen molar-refractivity contribution in [2.75, 3.05) is 18.0 Å². The Hall–Kier alpha value is -1.92. The first-order valence-corrected chi connectivity index (χ1v) is 10.9. The lowest BCUT2D eigenvalue weighted by molar-refractivity contribution is -0.134. The van der Waals surface area contributed by atoms with Gasteiger partial charge in [-0.25, -0.2) is 4.39 Å². The summed E-state index contributed by atoms with van der Waals surface area (Å²) in [6.07, 6.45) is 2.46. The first kappa shape index (κ1) is 20.4. The van der Waals surface area contributed by atoms with Crippen molar-refractivity contribution >= 4 is 45.0 Å². The van der Waals surface area contributed by atoms with Gasteiger partial charge in [0.25, 0.3) is 0 Å². The molecular formula is C22H21BrClFN2O2. The number of piperidine rings is 2. The summed E-state index contributed by atoms with van der Waals surface area (Å²) in [4.78, 5) is 25.5. The molecule has 2 aliphatic rings. The minimum atomic E-state index is -0.591. The van der Waals surface area contributed by atoms with Crippen molar-refractivity contribution in [3.05, 3.63) is 62.8 Å². The third-order valence-corrected chi connectivity index (χ3v) is 6.80. The molecule has 0 radical (unpaired) electrons.